The molecule has 118 valence electrons. The Balaban J connectivity index is 1.91. The number of hydrogen-bond acceptors (Lipinski definition) is 5. The van der Waals surface area contributed by atoms with Gasteiger partial charge in [-0.2, -0.15) is 0 Å². The van der Waals surface area contributed by atoms with Gasteiger partial charge < -0.3 is 14.8 Å². The third kappa shape index (κ3) is 2.29. The fourth-order valence-electron chi connectivity index (χ4n) is 3.17. The van der Waals surface area contributed by atoms with Gasteiger partial charge in [0.1, 0.15) is 19.0 Å². The number of benzene rings is 1. The van der Waals surface area contributed by atoms with Crippen LogP contribution in [0.4, 0.5) is 4.39 Å². The number of esters is 1. The summed E-state index contributed by atoms with van der Waals surface area (Å²) in [6, 6.07) is 4.62. The lowest BCUT2D eigenvalue weighted by molar-refractivity contribution is -0.136. The number of nitrogens with one attached hydrogen (secondary N) is 1. The number of dihydropyridines is 1. The summed E-state index contributed by atoms with van der Waals surface area (Å²) in [7, 11) is 0. The second kappa shape index (κ2) is 5.41. The predicted octanol–water partition coefficient (Wildman–Crippen LogP) is 1.78. The maximum absolute atomic E-state index is 13.6. The zero-order valence-electron chi connectivity index (χ0n) is 11.8. The Kier molecular flexibility index (Phi) is 3.49. The molecule has 1 aromatic carbocycles. The molecule has 7 heteroatoms. The van der Waals surface area contributed by atoms with Crippen LogP contribution in [0.3, 0.4) is 0 Å². The highest BCUT2D eigenvalue weighted by Crippen LogP contribution is 2.42. The number of cyclic esters (lactones) is 1. The van der Waals surface area contributed by atoms with Crippen LogP contribution in [0, 0.1) is 9.39 Å². The number of ketones is 1. The summed E-state index contributed by atoms with van der Waals surface area (Å²) in [6.45, 7) is 0.404. The zero-order chi connectivity index (χ0) is 16.1. The Bertz CT molecular complexity index is 814. The van der Waals surface area contributed by atoms with E-state index in [1.54, 1.807) is 12.1 Å². The van der Waals surface area contributed by atoms with Gasteiger partial charge in [-0.25, -0.2) is 9.18 Å². The Morgan fingerprint density at radius 2 is 1.91 bits per heavy atom. The topological polar surface area (TPSA) is 64.6 Å². The monoisotopic (exact) mass is 425 g/mol. The molecule has 0 radical (unpaired) electrons. The summed E-state index contributed by atoms with van der Waals surface area (Å²) in [4.78, 5) is 24.5. The SMILES string of the molecule is O=C1COCC2=C1[C@@H](c1ccc(F)c([125I])c1)C1=C(COC1=O)N2. The normalized spacial score (nSPS) is 23.5. The quantitative estimate of drug-likeness (QED) is 0.549. The standard InChI is InChI=1S/C16H11FINO4/c17-8-2-1-7(3-9(8)18)13-14-10(4-22-6-12(14)20)19-11-5-23-16(21)15(11)13/h1-3,13,19H,4-6H2/t13-/m1/s1/i18-2. The Hall–Kier alpha value is -1.74. The lowest BCUT2D eigenvalue weighted by Crippen LogP contribution is -2.37. The van der Waals surface area contributed by atoms with Crippen LogP contribution in [0.5, 0.6) is 0 Å². The average Bonchev–Trinajstić information content (AvgIpc) is 2.90. The van der Waals surface area contributed by atoms with E-state index in [4.69, 9.17) is 9.47 Å². The molecular weight excluding hydrogens is 414 g/mol. The fourth-order valence-corrected chi connectivity index (χ4v) is 3.71. The summed E-state index contributed by atoms with van der Waals surface area (Å²) in [5.74, 6) is -1.49. The zero-order valence-corrected chi connectivity index (χ0v) is 14.0. The molecule has 0 aromatic heterocycles. The first kappa shape index (κ1) is 14.8. The van der Waals surface area contributed by atoms with E-state index in [0.29, 0.717) is 31.7 Å². The highest BCUT2D eigenvalue weighted by atomic mass is 125. The van der Waals surface area contributed by atoms with Gasteiger partial charge in [-0.1, -0.05) is 6.07 Å². The maximum atomic E-state index is 13.6. The Morgan fingerprint density at radius 3 is 2.70 bits per heavy atom. The van der Waals surface area contributed by atoms with Crippen molar-refractivity contribution in [3.8, 4) is 0 Å². The van der Waals surface area contributed by atoms with Gasteiger partial charge in [-0.05, 0) is 40.3 Å². The molecule has 0 unspecified atom stereocenters. The minimum Gasteiger partial charge on any atom is -0.456 e. The van der Waals surface area contributed by atoms with Crippen LogP contribution < -0.4 is 5.32 Å². The smallest absolute Gasteiger partial charge is 0.337 e. The van der Waals surface area contributed by atoms with E-state index in [9.17, 15) is 14.0 Å². The molecule has 0 spiro atoms. The molecule has 0 aliphatic carbocycles. The van der Waals surface area contributed by atoms with E-state index in [1.807, 2.05) is 22.6 Å². The first-order valence-electron chi connectivity index (χ1n) is 7.02. The molecule has 0 bridgehead atoms. The highest BCUT2D eigenvalue weighted by molar-refractivity contribution is 14.1. The van der Waals surface area contributed by atoms with E-state index in [1.165, 1.54) is 6.07 Å². The van der Waals surface area contributed by atoms with Crippen molar-refractivity contribution in [3.05, 3.63) is 55.7 Å². The third-order valence-corrected chi connectivity index (χ3v) is 4.98. The van der Waals surface area contributed by atoms with Gasteiger partial charge in [-0.3, -0.25) is 4.79 Å². The summed E-state index contributed by atoms with van der Waals surface area (Å²) >= 11 is 1.90. The van der Waals surface area contributed by atoms with Crippen molar-refractivity contribution in [2.75, 3.05) is 19.8 Å². The summed E-state index contributed by atoms with van der Waals surface area (Å²) < 4.78 is 24.4. The predicted molar refractivity (Wildman–Crippen MR) is 85.8 cm³/mol. The minimum absolute atomic E-state index is 0.0209. The van der Waals surface area contributed by atoms with E-state index in [-0.39, 0.29) is 31.4 Å². The maximum Gasteiger partial charge on any atom is 0.337 e. The largest absolute Gasteiger partial charge is 0.456 e. The second-order valence-corrected chi connectivity index (χ2v) is 6.67. The molecule has 1 N–H and O–H groups in total. The Morgan fingerprint density at radius 1 is 1.13 bits per heavy atom. The van der Waals surface area contributed by atoms with Gasteiger partial charge in [0, 0.05) is 20.8 Å². The molecule has 3 aliphatic rings. The molecule has 1 aromatic rings. The molecular formula is C16H11FINO4. The number of rotatable bonds is 1. The van der Waals surface area contributed by atoms with E-state index >= 15 is 0 Å². The second-order valence-electron chi connectivity index (χ2n) is 5.51. The molecule has 1 atom stereocenters. The van der Waals surface area contributed by atoms with Crippen molar-refractivity contribution in [2.45, 2.75) is 5.92 Å². The lowest BCUT2D eigenvalue weighted by Gasteiger charge is -2.31. The number of halogens is 2. The fraction of sp³-hybridized carbons (Fsp3) is 0.250. The van der Waals surface area contributed by atoms with Gasteiger partial charge in [-0.15, -0.1) is 0 Å². The summed E-state index contributed by atoms with van der Waals surface area (Å²) in [5, 5.41) is 3.10. The molecule has 5 nitrogen and oxygen atoms in total. The number of carbonyl (C=O) groups is 2. The molecule has 3 aliphatic heterocycles. The van der Waals surface area contributed by atoms with E-state index < -0.39 is 11.9 Å². The van der Waals surface area contributed by atoms with Crippen LogP contribution in [-0.2, 0) is 19.1 Å². The third-order valence-electron chi connectivity index (χ3n) is 4.15. The van der Waals surface area contributed by atoms with Crippen molar-refractivity contribution in [3.63, 3.8) is 0 Å². The first-order valence-corrected chi connectivity index (χ1v) is 8.10. The lowest BCUT2D eigenvalue weighted by atomic mass is 9.78. The van der Waals surface area contributed by atoms with Crippen LogP contribution in [0.2, 0.25) is 0 Å². The van der Waals surface area contributed by atoms with Crippen LogP contribution in [0.1, 0.15) is 11.5 Å². The summed E-state index contributed by atoms with van der Waals surface area (Å²) in [6.07, 6.45) is 0. The van der Waals surface area contributed by atoms with Crippen molar-refractivity contribution in [2.24, 2.45) is 0 Å². The highest BCUT2D eigenvalue weighted by Gasteiger charge is 2.43. The number of ether oxygens (including phenoxy) is 2. The Labute approximate surface area is 144 Å². The molecule has 0 saturated carbocycles. The van der Waals surface area contributed by atoms with Gasteiger partial charge >= 0.3 is 5.97 Å². The van der Waals surface area contributed by atoms with Gasteiger partial charge in [0.25, 0.3) is 0 Å². The van der Waals surface area contributed by atoms with Crippen LogP contribution in [0.25, 0.3) is 0 Å². The summed E-state index contributed by atoms with van der Waals surface area (Å²) in [5.41, 5.74) is 2.95. The average molecular weight is 425 g/mol. The number of hydrogen-bond donors (Lipinski definition) is 1. The van der Waals surface area contributed by atoms with Crippen molar-refractivity contribution >= 4 is 34.3 Å². The van der Waals surface area contributed by atoms with Gasteiger partial charge in [0.05, 0.1) is 17.9 Å². The van der Waals surface area contributed by atoms with Crippen LogP contribution in [-0.4, -0.2) is 31.6 Å². The first-order chi connectivity index (χ1) is 11.1. The number of carbonyl (C=O) groups excluding carboxylic acids is 2. The minimum atomic E-state index is -0.540. The molecule has 0 amide bonds. The van der Waals surface area contributed by atoms with Gasteiger partial charge in [0.2, 0.25) is 0 Å². The molecule has 4 rings (SSSR count). The molecule has 3 heterocycles. The van der Waals surface area contributed by atoms with Gasteiger partial charge in [0.15, 0.2) is 5.78 Å². The molecule has 0 saturated heterocycles. The van der Waals surface area contributed by atoms with E-state index in [0.717, 1.165) is 0 Å². The van der Waals surface area contributed by atoms with Crippen molar-refractivity contribution in [1.82, 2.24) is 5.32 Å². The van der Waals surface area contributed by atoms with E-state index in [2.05, 4.69) is 5.32 Å². The molecule has 23 heavy (non-hydrogen) atoms. The molecule has 0 fully saturated rings. The van der Waals surface area contributed by atoms with Crippen LogP contribution >= 0.6 is 22.6 Å². The van der Waals surface area contributed by atoms with Crippen LogP contribution in [0.15, 0.2) is 40.7 Å². The number of Topliss-reactive ketones (excluding diaryl/α,β-unsaturated/α-hetero) is 1. The van der Waals surface area contributed by atoms with Crippen molar-refractivity contribution < 1.29 is 23.5 Å². The van der Waals surface area contributed by atoms with Crippen molar-refractivity contribution in [1.29, 1.82) is 0 Å².